The summed E-state index contributed by atoms with van der Waals surface area (Å²) in [5.41, 5.74) is 4.63. The van der Waals surface area contributed by atoms with E-state index < -0.39 is 15.6 Å². The maximum atomic E-state index is 11.9. The Kier molecular flexibility index (Phi) is 4.37. The fraction of sp³-hybridized carbons (Fsp3) is 0.900. The van der Waals surface area contributed by atoms with Crippen molar-refractivity contribution in [2.75, 3.05) is 5.75 Å². The molecule has 7 heteroatoms. The predicted octanol–water partition coefficient (Wildman–Crippen LogP) is 0.621. The van der Waals surface area contributed by atoms with Crippen LogP contribution in [0.1, 0.15) is 39.5 Å². The maximum absolute atomic E-state index is 11.9. The van der Waals surface area contributed by atoms with E-state index in [2.05, 4.69) is 9.88 Å². The normalized spacial score (nSPS) is 18.4. The molecule has 0 saturated heterocycles. The van der Waals surface area contributed by atoms with Gasteiger partial charge >= 0.3 is 0 Å². The Hall–Kier alpha value is -0.820. The number of sulfonamides is 1. The van der Waals surface area contributed by atoms with Crippen molar-refractivity contribution >= 4 is 15.9 Å². The van der Waals surface area contributed by atoms with Crippen LogP contribution in [0, 0.1) is 5.92 Å². The molecule has 1 rings (SSSR count). The molecule has 6 nitrogen and oxygen atoms in total. The van der Waals surface area contributed by atoms with Crippen LogP contribution in [-0.4, -0.2) is 30.8 Å². The summed E-state index contributed by atoms with van der Waals surface area (Å²) in [5.74, 6) is 0.320. The maximum Gasteiger partial charge on any atom is 0.212 e. The molecular weight excluding hydrogens is 242 g/mol. The van der Waals surface area contributed by atoms with Crippen LogP contribution >= 0.6 is 0 Å². The van der Waals surface area contributed by atoms with Crippen molar-refractivity contribution in [3.05, 3.63) is 0 Å². The molecule has 0 radical (unpaired) electrons. The van der Waals surface area contributed by atoms with Gasteiger partial charge in [-0.3, -0.25) is 0 Å². The summed E-state index contributed by atoms with van der Waals surface area (Å²) in [6, 6.07) is 0. The van der Waals surface area contributed by atoms with Gasteiger partial charge in [0.05, 0.1) is 11.3 Å². The number of amidine groups is 1. The SMILES string of the molecule is CCC(CC)(NS(=O)(=O)CC1CC1)C(N)=NO. The third kappa shape index (κ3) is 3.57. The second kappa shape index (κ2) is 5.22. The lowest BCUT2D eigenvalue weighted by Gasteiger charge is -2.30. The van der Waals surface area contributed by atoms with Crippen LogP contribution in [0.5, 0.6) is 0 Å². The Labute approximate surface area is 102 Å². The smallest absolute Gasteiger partial charge is 0.212 e. The fourth-order valence-corrected chi connectivity index (χ4v) is 3.86. The highest BCUT2D eigenvalue weighted by molar-refractivity contribution is 7.89. The molecule has 0 bridgehead atoms. The summed E-state index contributed by atoms with van der Waals surface area (Å²) in [6.45, 7) is 3.61. The standard InChI is InChI=1S/C10H21N3O3S/c1-3-10(4-2,9(11)12-14)13-17(15,16)7-8-5-6-8/h8,13-14H,3-7H2,1-2H3,(H2,11,12). The average Bonchev–Trinajstić information content (AvgIpc) is 3.08. The number of oxime groups is 1. The molecule has 1 fully saturated rings. The second-order valence-electron chi connectivity index (χ2n) is 4.60. The second-order valence-corrected chi connectivity index (χ2v) is 6.37. The van der Waals surface area contributed by atoms with Crippen molar-refractivity contribution in [3.8, 4) is 0 Å². The fourth-order valence-electron chi connectivity index (χ4n) is 1.84. The van der Waals surface area contributed by atoms with Gasteiger partial charge in [-0.1, -0.05) is 19.0 Å². The molecule has 4 N–H and O–H groups in total. The van der Waals surface area contributed by atoms with Gasteiger partial charge in [-0.05, 0) is 31.6 Å². The molecule has 0 amide bonds. The predicted molar refractivity (Wildman–Crippen MR) is 66.4 cm³/mol. The van der Waals surface area contributed by atoms with Crippen LogP contribution in [0.25, 0.3) is 0 Å². The number of hydrogen-bond donors (Lipinski definition) is 3. The summed E-state index contributed by atoms with van der Waals surface area (Å²) >= 11 is 0. The molecule has 0 aromatic heterocycles. The van der Waals surface area contributed by atoms with Crippen molar-refractivity contribution in [1.82, 2.24) is 4.72 Å². The highest BCUT2D eigenvalue weighted by Crippen LogP contribution is 2.30. The summed E-state index contributed by atoms with van der Waals surface area (Å²) in [5, 5.41) is 11.7. The summed E-state index contributed by atoms with van der Waals surface area (Å²) in [7, 11) is -3.38. The lowest BCUT2D eigenvalue weighted by Crippen LogP contribution is -2.57. The van der Waals surface area contributed by atoms with E-state index >= 15 is 0 Å². The Morgan fingerprint density at radius 2 is 2.00 bits per heavy atom. The number of nitrogens with zero attached hydrogens (tertiary/aromatic N) is 1. The van der Waals surface area contributed by atoms with Crippen LogP contribution < -0.4 is 10.5 Å². The van der Waals surface area contributed by atoms with Crippen molar-refractivity contribution in [2.45, 2.75) is 45.1 Å². The van der Waals surface area contributed by atoms with E-state index in [-0.39, 0.29) is 17.5 Å². The lowest BCUT2D eigenvalue weighted by molar-refractivity contribution is 0.307. The number of nitrogens with two attached hydrogens (primary N) is 1. The monoisotopic (exact) mass is 263 g/mol. The van der Waals surface area contributed by atoms with Crippen LogP contribution in [0.3, 0.4) is 0 Å². The average molecular weight is 263 g/mol. The number of rotatable bonds is 7. The zero-order valence-corrected chi connectivity index (χ0v) is 11.1. The van der Waals surface area contributed by atoms with Gasteiger partial charge < -0.3 is 10.9 Å². The number of nitrogens with one attached hydrogen (secondary N) is 1. The zero-order chi connectivity index (χ0) is 13.1. The third-order valence-electron chi connectivity index (χ3n) is 3.31. The molecule has 0 aromatic carbocycles. The Balaban J connectivity index is 2.85. The summed E-state index contributed by atoms with van der Waals surface area (Å²) < 4.78 is 26.4. The van der Waals surface area contributed by atoms with Gasteiger partial charge in [0.2, 0.25) is 10.0 Å². The minimum atomic E-state index is -3.38. The van der Waals surface area contributed by atoms with Crippen molar-refractivity contribution in [1.29, 1.82) is 0 Å². The summed E-state index contributed by atoms with van der Waals surface area (Å²) in [4.78, 5) is 0. The van der Waals surface area contributed by atoms with Crippen LogP contribution in [0.4, 0.5) is 0 Å². The molecular formula is C10H21N3O3S. The molecule has 100 valence electrons. The topological polar surface area (TPSA) is 105 Å². The highest BCUT2D eigenvalue weighted by atomic mass is 32.2. The minimum absolute atomic E-state index is 0.0816. The Morgan fingerprint density at radius 1 is 1.47 bits per heavy atom. The van der Waals surface area contributed by atoms with Gasteiger partial charge in [0.15, 0.2) is 5.84 Å². The van der Waals surface area contributed by atoms with E-state index in [4.69, 9.17) is 10.9 Å². The van der Waals surface area contributed by atoms with Crippen molar-refractivity contribution in [2.24, 2.45) is 16.8 Å². The van der Waals surface area contributed by atoms with E-state index in [0.717, 1.165) is 12.8 Å². The van der Waals surface area contributed by atoms with E-state index in [1.54, 1.807) is 13.8 Å². The first-order chi connectivity index (χ1) is 7.89. The van der Waals surface area contributed by atoms with Gasteiger partial charge in [0.25, 0.3) is 0 Å². The van der Waals surface area contributed by atoms with Gasteiger partial charge in [0.1, 0.15) is 0 Å². The van der Waals surface area contributed by atoms with E-state index in [0.29, 0.717) is 12.8 Å². The Bertz CT molecular complexity index is 384. The first-order valence-electron chi connectivity index (χ1n) is 5.88. The van der Waals surface area contributed by atoms with Gasteiger partial charge in [0, 0.05) is 0 Å². The molecule has 0 spiro atoms. The molecule has 1 aliphatic carbocycles. The lowest BCUT2D eigenvalue weighted by atomic mass is 9.93. The molecule has 17 heavy (non-hydrogen) atoms. The van der Waals surface area contributed by atoms with E-state index in [9.17, 15) is 8.42 Å². The molecule has 0 aliphatic heterocycles. The third-order valence-corrected chi connectivity index (χ3v) is 4.92. The van der Waals surface area contributed by atoms with E-state index in [1.807, 2.05) is 0 Å². The molecule has 0 atom stereocenters. The first-order valence-corrected chi connectivity index (χ1v) is 7.54. The minimum Gasteiger partial charge on any atom is -0.409 e. The van der Waals surface area contributed by atoms with Crippen LogP contribution in [0.15, 0.2) is 5.16 Å². The quantitative estimate of drug-likeness (QED) is 0.271. The molecule has 1 aliphatic rings. The van der Waals surface area contributed by atoms with Gasteiger partial charge in [-0.2, -0.15) is 0 Å². The summed E-state index contributed by atoms with van der Waals surface area (Å²) in [6.07, 6.45) is 2.83. The molecule has 0 aromatic rings. The van der Waals surface area contributed by atoms with E-state index in [1.165, 1.54) is 0 Å². The zero-order valence-electron chi connectivity index (χ0n) is 10.3. The first kappa shape index (κ1) is 14.2. The van der Waals surface area contributed by atoms with Crippen molar-refractivity contribution < 1.29 is 13.6 Å². The van der Waals surface area contributed by atoms with Crippen LogP contribution in [-0.2, 0) is 10.0 Å². The Morgan fingerprint density at radius 3 is 2.35 bits per heavy atom. The highest BCUT2D eigenvalue weighted by Gasteiger charge is 2.38. The molecule has 0 heterocycles. The molecule has 0 unspecified atom stereocenters. The van der Waals surface area contributed by atoms with Crippen molar-refractivity contribution in [3.63, 3.8) is 0 Å². The van der Waals surface area contributed by atoms with Gasteiger partial charge in [-0.25, -0.2) is 13.1 Å². The van der Waals surface area contributed by atoms with Crippen LogP contribution in [0.2, 0.25) is 0 Å². The van der Waals surface area contributed by atoms with Gasteiger partial charge in [-0.15, -0.1) is 0 Å². The molecule has 1 saturated carbocycles. The largest absolute Gasteiger partial charge is 0.409 e. The number of hydrogen-bond acceptors (Lipinski definition) is 4.